The summed E-state index contributed by atoms with van der Waals surface area (Å²) in [6.07, 6.45) is 7.89. The molecule has 3 atom stereocenters. The van der Waals surface area contributed by atoms with Crippen LogP contribution in [-0.2, 0) is 0 Å². The molecule has 16 heavy (non-hydrogen) atoms. The lowest BCUT2D eigenvalue weighted by molar-refractivity contribution is 0.0740. The number of hydrogen-bond acceptors (Lipinski definition) is 2. The first-order valence-electron chi connectivity index (χ1n) is 6.59. The molecule has 0 amide bonds. The zero-order valence-corrected chi connectivity index (χ0v) is 11.2. The van der Waals surface area contributed by atoms with E-state index >= 15 is 0 Å². The van der Waals surface area contributed by atoms with Crippen LogP contribution in [0.3, 0.4) is 0 Å². The van der Waals surface area contributed by atoms with Crippen molar-refractivity contribution in [1.29, 1.82) is 0 Å². The molecule has 0 aromatic carbocycles. The second-order valence-electron chi connectivity index (χ2n) is 5.11. The van der Waals surface area contributed by atoms with Gasteiger partial charge in [-0.1, -0.05) is 33.6 Å². The molecule has 92 valence electrons. The smallest absolute Gasteiger partial charge is 0.0712 e. The van der Waals surface area contributed by atoms with Crippen LogP contribution in [0.1, 0.15) is 40.5 Å². The Balaban J connectivity index is 2.75. The number of piperazine rings is 1. The van der Waals surface area contributed by atoms with Gasteiger partial charge in [0.1, 0.15) is 0 Å². The highest BCUT2D eigenvalue weighted by atomic mass is 15.3. The summed E-state index contributed by atoms with van der Waals surface area (Å²) in [5.74, 6) is 3.61. The summed E-state index contributed by atoms with van der Waals surface area (Å²) in [4.78, 5) is 2.54. The third kappa shape index (κ3) is 2.99. The Hall–Kier alpha value is -0.520. The minimum atomic E-state index is 0.309. The average Bonchev–Trinajstić information content (AvgIpc) is 2.30. The van der Waals surface area contributed by atoms with Gasteiger partial charge in [-0.3, -0.25) is 4.90 Å². The van der Waals surface area contributed by atoms with E-state index in [0.29, 0.717) is 24.0 Å². The molecule has 1 saturated heterocycles. The molecule has 0 spiro atoms. The monoisotopic (exact) mass is 222 g/mol. The normalized spacial score (nSPS) is 29.0. The van der Waals surface area contributed by atoms with Gasteiger partial charge in [-0.15, -0.1) is 6.42 Å². The molecule has 1 N–H and O–H groups in total. The molecule has 0 bridgehead atoms. The van der Waals surface area contributed by atoms with Gasteiger partial charge in [0.2, 0.25) is 0 Å². The molecule has 1 heterocycles. The summed E-state index contributed by atoms with van der Waals surface area (Å²) < 4.78 is 0. The third-order valence-corrected chi connectivity index (χ3v) is 3.71. The first kappa shape index (κ1) is 13.5. The van der Waals surface area contributed by atoms with E-state index in [4.69, 9.17) is 6.42 Å². The van der Waals surface area contributed by atoms with E-state index in [1.54, 1.807) is 0 Å². The molecule has 0 radical (unpaired) electrons. The van der Waals surface area contributed by atoms with Gasteiger partial charge < -0.3 is 5.32 Å². The van der Waals surface area contributed by atoms with Crippen LogP contribution in [0.5, 0.6) is 0 Å². The highest BCUT2D eigenvalue weighted by Crippen LogP contribution is 2.20. The maximum Gasteiger partial charge on any atom is 0.0712 e. The van der Waals surface area contributed by atoms with Gasteiger partial charge in [0.15, 0.2) is 0 Å². The maximum absolute atomic E-state index is 5.65. The van der Waals surface area contributed by atoms with Crippen molar-refractivity contribution in [2.75, 3.05) is 13.1 Å². The molecular weight excluding hydrogens is 196 g/mol. The molecule has 1 rings (SSSR count). The highest BCUT2D eigenvalue weighted by Gasteiger charge is 2.32. The molecule has 0 aromatic rings. The van der Waals surface area contributed by atoms with Crippen LogP contribution >= 0.6 is 0 Å². The second-order valence-corrected chi connectivity index (χ2v) is 5.11. The lowest BCUT2D eigenvalue weighted by Crippen LogP contribution is -2.60. The predicted octanol–water partition coefficient (Wildman–Crippen LogP) is 2.11. The molecule has 1 aliphatic rings. The second kappa shape index (κ2) is 6.27. The Bertz CT molecular complexity index is 242. The molecule has 0 saturated carbocycles. The fraction of sp³-hybridized carbons (Fsp3) is 0.857. The molecule has 3 unspecified atom stereocenters. The van der Waals surface area contributed by atoms with Crippen LogP contribution in [0, 0.1) is 18.3 Å². The van der Waals surface area contributed by atoms with E-state index in [1.165, 1.54) is 6.42 Å². The highest BCUT2D eigenvalue weighted by molar-refractivity contribution is 5.03. The Morgan fingerprint density at radius 1 is 1.44 bits per heavy atom. The average molecular weight is 222 g/mol. The van der Waals surface area contributed by atoms with Crippen LogP contribution in [0.4, 0.5) is 0 Å². The maximum atomic E-state index is 5.65. The van der Waals surface area contributed by atoms with Crippen molar-refractivity contribution in [2.24, 2.45) is 5.92 Å². The minimum Gasteiger partial charge on any atom is -0.311 e. The molecule has 0 aromatic heterocycles. The van der Waals surface area contributed by atoms with Gasteiger partial charge in [0.05, 0.1) is 6.04 Å². The summed E-state index contributed by atoms with van der Waals surface area (Å²) >= 11 is 0. The van der Waals surface area contributed by atoms with E-state index in [1.807, 2.05) is 0 Å². The Morgan fingerprint density at radius 3 is 2.56 bits per heavy atom. The van der Waals surface area contributed by atoms with Gasteiger partial charge in [-0.2, -0.15) is 0 Å². The molecule has 1 fully saturated rings. The quantitative estimate of drug-likeness (QED) is 0.733. The Morgan fingerprint density at radius 2 is 2.12 bits per heavy atom. The summed E-state index contributed by atoms with van der Waals surface area (Å²) in [7, 11) is 0. The van der Waals surface area contributed by atoms with E-state index in [0.717, 1.165) is 19.5 Å². The summed E-state index contributed by atoms with van der Waals surface area (Å²) in [6.45, 7) is 11.2. The molecule has 0 aliphatic carbocycles. The van der Waals surface area contributed by atoms with Crippen molar-refractivity contribution < 1.29 is 0 Å². The van der Waals surface area contributed by atoms with Crippen LogP contribution < -0.4 is 5.32 Å². The van der Waals surface area contributed by atoms with Crippen molar-refractivity contribution in [1.82, 2.24) is 10.2 Å². The van der Waals surface area contributed by atoms with E-state index in [9.17, 15) is 0 Å². The molecule has 2 nitrogen and oxygen atoms in total. The Labute approximate surface area is 101 Å². The summed E-state index contributed by atoms with van der Waals surface area (Å²) in [5, 5.41) is 3.62. The first-order chi connectivity index (χ1) is 7.63. The van der Waals surface area contributed by atoms with Crippen molar-refractivity contribution in [3.05, 3.63) is 0 Å². The van der Waals surface area contributed by atoms with Crippen LogP contribution in [-0.4, -0.2) is 36.1 Å². The van der Waals surface area contributed by atoms with Crippen LogP contribution in [0.15, 0.2) is 0 Å². The summed E-state index contributed by atoms with van der Waals surface area (Å²) in [5.41, 5.74) is 0. The zero-order chi connectivity index (χ0) is 12.1. The lowest BCUT2D eigenvalue weighted by atomic mass is 9.95. The van der Waals surface area contributed by atoms with E-state index in [-0.39, 0.29) is 0 Å². The van der Waals surface area contributed by atoms with Crippen molar-refractivity contribution in [2.45, 2.75) is 58.7 Å². The summed E-state index contributed by atoms with van der Waals surface area (Å²) in [6, 6.07) is 1.50. The van der Waals surface area contributed by atoms with Gasteiger partial charge >= 0.3 is 0 Å². The number of hydrogen-bond donors (Lipinski definition) is 1. The number of nitrogens with zero attached hydrogens (tertiary/aromatic N) is 1. The number of nitrogens with one attached hydrogen (secondary N) is 1. The predicted molar refractivity (Wildman–Crippen MR) is 70.3 cm³/mol. The van der Waals surface area contributed by atoms with Crippen LogP contribution in [0.2, 0.25) is 0 Å². The van der Waals surface area contributed by atoms with Crippen LogP contribution in [0.25, 0.3) is 0 Å². The fourth-order valence-electron chi connectivity index (χ4n) is 2.56. The topological polar surface area (TPSA) is 15.3 Å². The SMILES string of the molecule is C#CC(CC)N1CC(CC)NCC1C(C)C. The van der Waals surface area contributed by atoms with Gasteiger partial charge in [0.25, 0.3) is 0 Å². The van der Waals surface area contributed by atoms with Gasteiger partial charge in [0, 0.05) is 25.2 Å². The van der Waals surface area contributed by atoms with E-state index in [2.05, 4.69) is 43.8 Å². The molecule has 1 aliphatic heterocycles. The third-order valence-electron chi connectivity index (χ3n) is 3.71. The fourth-order valence-corrected chi connectivity index (χ4v) is 2.56. The standard InChI is InChI=1S/C14H26N2/c1-6-12-10-16(13(7-2)8-3)14(9-15-12)11(4)5/h2,11-15H,6,8-10H2,1,3-5H3. The largest absolute Gasteiger partial charge is 0.311 e. The van der Waals surface area contributed by atoms with Crippen molar-refractivity contribution in [3.63, 3.8) is 0 Å². The lowest BCUT2D eigenvalue weighted by Gasteiger charge is -2.44. The van der Waals surface area contributed by atoms with Gasteiger partial charge in [-0.05, 0) is 18.8 Å². The minimum absolute atomic E-state index is 0.309. The zero-order valence-electron chi connectivity index (χ0n) is 11.2. The van der Waals surface area contributed by atoms with Crippen molar-refractivity contribution in [3.8, 4) is 12.3 Å². The van der Waals surface area contributed by atoms with Gasteiger partial charge in [-0.25, -0.2) is 0 Å². The molecule has 2 heteroatoms. The van der Waals surface area contributed by atoms with Crippen molar-refractivity contribution >= 4 is 0 Å². The first-order valence-corrected chi connectivity index (χ1v) is 6.59. The number of terminal acetylenes is 1. The molecular formula is C14H26N2. The number of rotatable bonds is 4. The Kier molecular flexibility index (Phi) is 5.31. The van der Waals surface area contributed by atoms with E-state index < -0.39 is 0 Å².